The molecule has 1 atom stereocenters. The van der Waals surface area contributed by atoms with Gasteiger partial charge in [0.2, 0.25) is 5.91 Å². The van der Waals surface area contributed by atoms with Crippen LogP contribution in [-0.2, 0) is 11.3 Å². The predicted octanol–water partition coefficient (Wildman–Crippen LogP) is 3.87. The molecule has 2 heterocycles. The summed E-state index contributed by atoms with van der Waals surface area (Å²) in [6, 6.07) is 12.7. The van der Waals surface area contributed by atoms with Gasteiger partial charge in [-0.1, -0.05) is 18.2 Å². The van der Waals surface area contributed by atoms with Gasteiger partial charge in [0, 0.05) is 29.3 Å². The van der Waals surface area contributed by atoms with Crippen molar-refractivity contribution in [1.82, 2.24) is 15.2 Å². The van der Waals surface area contributed by atoms with Crippen molar-refractivity contribution >= 4 is 17.7 Å². The number of halogens is 1. The van der Waals surface area contributed by atoms with E-state index in [2.05, 4.69) is 10.3 Å². The Balaban J connectivity index is 1.63. The van der Waals surface area contributed by atoms with Crippen LogP contribution in [0.1, 0.15) is 31.4 Å². The molecule has 1 amide bonds. The second-order valence-corrected chi connectivity index (χ2v) is 7.84. The van der Waals surface area contributed by atoms with Gasteiger partial charge in [0.15, 0.2) is 0 Å². The van der Waals surface area contributed by atoms with E-state index < -0.39 is 0 Å². The quantitative estimate of drug-likeness (QED) is 0.733. The summed E-state index contributed by atoms with van der Waals surface area (Å²) in [4.78, 5) is 20.0. The number of carbonyl (C=O) groups excluding carboxylic acids is 1. The van der Waals surface area contributed by atoms with Gasteiger partial charge in [-0.15, -0.1) is 11.8 Å². The first-order valence-corrected chi connectivity index (χ1v) is 10.5. The molecule has 0 saturated carbocycles. The fraction of sp³-hybridized carbons (Fsp3) is 0.429. The average molecular weight is 388 g/mol. The maximum Gasteiger partial charge on any atom is 0.224 e. The monoisotopic (exact) mass is 387 g/mol. The number of benzene rings is 1. The topological polar surface area (TPSA) is 45.2 Å². The summed E-state index contributed by atoms with van der Waals surface area (Å²) in [7, 11) is 0. The van der Waals surface area contributed by atoms with E-state index in [9.17, 15) is 9.18 Å². The molecule has 4 nitrogen and oxygen atoms in total. The van der Waals surface area contributed by atoms with Crippen molar-refractivity contribution in [1.29, 1.82) is 0 Å². The van der Waals surface area contributed by atoms with Gasteiger partial charge in [-0.3, -0.25) is 9.78 Å². The van der Waals surface area contributed by atoms with Gasteiger partial charge in [0.05, 0.1) is 12.2 Å². The molecule has 1 aromatic heterocycles. The van der Waals surface area contributed by atoms with Crippen LogP contribution in [0.3, 0.4) is 0 Å². The number of pyridine rings is 1. The van der Waals surface area contributed by atoms with Crippen LogP contribution in [0.15, 0.2) is 53.6 Å². The average Bonchev–Trinajstić information content (AvgIpc) is 2.97. The molecule has 1 aliphatic rings. The molecular formula is C21H26FN3OS. The van der Waals surface area contributed by atoms with Crippen molar-refractivity contribution in [2.75, 3.05) is 18.8 Å². The molecule has 0 radical (unpaired) electrons. The molecule has 1 N–H and O–H groups in total. The first-order valence-electron chi connectivity index (χ1n) is 9.51. The Morgan fingerprint density at radius 3 is 2.85 bits per heavy atom. The third-order valence-electron chi connectivity index (χ3n) is 4.77. The number of hydrogen-bond acceptors (Lipinski definition) is 4. The second-order valence-electron chi connectivity index (χ2n) is 6.71. The van der Waals surface area contributed by atoms with E-state index in [1.807, 2.05) is 29.2 Å². The molecule has 2 aromatic rings. The van der Waals surface area contributed by atoms with Gasteiger partial charge >= 0.3 is 0 Å². The van der Waals surface area contributed by atoms with E-state index in [4.69, 9.17) is 0 Å². The van der Waals surface area contributed by atoms with E-state index in [-0.39, 0.29) is 17.8 Å². The standard InChI is InChI=1S/C21H26FN3OS/c22-19-8-1-2-9-20(19)27-15-11-21(26)25(16-17-6-3-4-13-24-17)18-7-5-12-23-14-10-18/h1-4,6,8-9,13,18,23H,5,7,10-12,14-16H2. The molecule has 27 heavy (non-hydrogen) atoms. The SMILES string of the molecule is O=C(CCSc1ccccc1F)N(Cc1ccccn1)C1CCCNCC1. The van der Waals surface area contributed by atoms with Gasteiger partial charge in [-0.25, -0.2) is 4.39 Å². The smallest absolute Gasteiger partial charge is 0.224 e. The number of thioether (sulfide) groups is 1. The third kappa shape index (κ3) is 6.04. The summed E-state index contributed by atoms with van der Waals surface area (Å²) < 4.78 is 13.8. The van der Waals surface area contributed by atoms with Crippen LogP contribution >= 0.6 is 11.8 Å². The van der Waals surface area contributed by atoms with Gasteiger partial charge < -0.3 is 10.2 Å². The first-order chi connectivity index (χ1) is 13.2. The van der Waals surface area contributed by atoms with Crippen LogP contribution in [0.5, 0.6) is 0 Å². The molecule has 1 aromatic carbocycles. The Bertz CT molecular complexity index is 720. The summed E-state index contributed by atoms with van der Waals surface area (Å²) in [5, 5.41) is 3.41. The van der Waals surface area contributed by atoms with Crippen molar-refractivity contribution in [3.8, 4) is 0 Å². The van der Waals surface area contributed by atoms with Gasteiger partial charge in [0.25, 0.3) is 0 Å². The fourth-order valence-electron chi connectivity index (χ4n) is 3.35. The van der Waals surface area contributed by atoms with E-state index in [1.165, 1.54) is 17.8 Å². The number of nitrogens with zero attached hydrogens (tertiary/aromatic N) is 2. The van der Waals surface area contributed by atoms with Crippen LogP contribution < -0.4 is 5.32 Å². The number of carbonyl (C=O) groups is 1. The minimum atomic E-state index is -0.227. The lowest BCUT2D eigenvalue weighted by Gasteiger charge is -2.31. The number of nitrogens with one attached hydrogen (secondary N) is 1. The zero-order valence-corrected chi connectivity index (χ0v) is 16.3. The summed E-state index contributed by atoms with van der Waals surface area (Å²) in [6.07, 6.45) is 5.20. The molecule has 144 valence electrons. The van der Waals surface area contributed by atoms with Crippen LogP contribution in [0.2, 0.25) is 0 Å². The van der Waals surface area contributed by atoms with Crippen LogP contribution in [0.25, 0.3) is 0 Å². The van der Waals surface area contributed by atoms with Crippen molar-refractivity contribution in [3.05, 3.63) is 60.2 Å². The van der Waals surface area contributed by atoms with E-state index in [1.54, 1.807) is 18.3 Å². The molecule has 0 bridgehead atoms. The lowest BCUT2D eigenvalue weighted by molar-refractivity contribution is -0.134. The Morgan fingerprint density at radius 1 is 1.19 bits per heavy atom. The van der Waals surface area contributed by atoms with Gasteiger partial charge in [0.1, 0.15) is 5.82 Å². The zero-order chi connectivity index (χ0) is 18.9. The van der Waals surface area contributed by atoms with Crippen molar-refractivity contribution in [2.24, 2.45) is 0 Å². The molecule has 6 heteroatoms. The highest BCUT2D eigenvalue weighted by Crippen LogP contribution is 2.23. The summed E-state index contributed by atoms with van der Waals surface area (Å²) in [5.74, 6) is 0.468. The largest absolute Gasteiger partial charge is 0.334 e. The Hall–Kier alpha value is -1.92. The minimum absolute atomic E-state index is 0.122. The first kappa shape index (κ1) is 19.8. The highest BCUT2D eigenvalue weighted by atomic mass is 32.2. The molecule has 0 spiro atoms. The lowest BCUT2D eigenvalue weighted by atomic mass is 10.1. The Labute approximate surface area is 164 Å². The molecule has 1 aliphatic heterocycles. The van der Waals surface area contributed by atoms with Crippen LogP contribution in [0.4, 0.5) is 4.39 Å². The maximum absolute atomic E-state index is 13.8. The Kier molecular flexibility index (Phi) is 7.66. The number of aromatic nitrogens is 1. The second kappa shape index (κ2) is 10.4. The lowest BCUT2D eigenvalue weighted by Crippen LogP contribution is -2.40. The molecule has 1 fully saturated rings. The Morgan fingerprint density at radius 2 is 2.04 bits per heavy atom. The third-order valence-corrected chi connectivity index (χ3v) is 5.83. The molecular weight excluding hydrogens is 361 g/mol. The predicted molar refractivity (Wildman–Crippen MR) is 107 cm³/mol. The van der Waals surface area contributed by atoms with Gasteiger partial charge in [-0.05, 0) is 56.6 Å². The van der Waals surface area contributed by atoms with Crippen LogP contribution in [-0.4, -0.2) is 40.7 Å². The number of hydrogen-bond donors (Lipinski definition) is 1. The summed E-state index contributed by atoms with van der Waals surface area (Å²) in [6.45, 7) is 2.47. The van der Waals surface area contributed by atoms with E-state index in [0.717, 1.165) is 38.0 Å². The van der Waals surface area contributed by atoms with Crippen molar-refractivity contribution < 1.29 is 9.18 Å². The molecule has 0 aliphatic carbocycles. The maximum atomic E-state index is 13.8. The highest BCUT2D eigenvalue weighted by Gasteiger charge is 2.25. The van der Waals surface area contributed by atoms with Crippen LogP contribution in [0, 0.1) is 5.82 Å². The molecule has 3 rings (SSSR count). The van der Waals surface area contributed by atoms with Gasteiger partial charge in [-0.2, -0.15) is 0 Å². The summed E-state index contributed by atoms with van der Waals surface area (Å²) >= 11 is 1.40. The minimum Gasteiger partial charge on any atom is -0.334 e. The number of amides is 1. The normalized spacial score (nSPS) is 17.3. The van der Waals surface area contributed by atoms with Crippen molar-refractivity contribution in [3.63, 3.8) is 0 Å². The molecule has 1 saturated heterocycles. The molecule has 1 unspecified atom stereocenters. The van der Waals surface area contributed by atoms with Crippen molar-refractivity contribution in [2.45, 2.75) is 43.2 Å². The highest BCUT2D eigenvalue weighted by molar-refractivity contribution is 7.99. The van der Waals surface area contributed by atoms with E-state index >= 15 is 0 Å². The summed E-state index contributed by atoms with van der Waals surface area (Å²) in [5.41, 5.74) is 0.907. The zero-order valence-electron chi connectivity index (χ0n) is 15.4. The van der Waals surface area contributed by atoms with E-state index in [0.29, 0.717) is 23.6 Å². The number of rotatable bonds is 7. The fourth-order valence-corrected chi connectivity index (χ4v) is 4.23.